The highest BCUT2D eigenvalue weighted by Crippen LogP contribution is 2.37. The Morgan fingerprint density at radius 1 is 0.889 bits per heavy atom. The Morgan fingerprint density at radius 2 is 1.70 bits per heavy atom. The Hall–Kier alpha value is -5.06. The molecule has 2 aliphatic rings. The molecule has 2 aromatic heterocycles. The van der Waals surface area contributed by atoms with Crippen molar-refractivity contribution < 1.29 is 19.3 Å². The minimum Gasteiger partial charge on any atom is -0.493 e. The predicted molar refractivity (Wildman–Crippen MR) is 204 cm³/mol. The molecule has 0 aliphatic carbocycles. The topological polar surface area (TPSA) is 146 Å². The number of aliphatic hydroxyl groups is 1. The number of tetrazole rings is 1. The van der Waals surface area contributed by atoms with E-state index in [9.17, 15) is 10.4 Å². The monoisotopic (exact) mass is 748 g/mol. The molecule has 13 heteroatoms. The first-order chi connectivity index (χ1) is 26.3. The summed E-state index contributed by atoms with van der Waals surface area (Å²) in [5.74, 6) is 2.97. The quantitative estimate of drug-likeness (QED) is 0.115. The molecule has 12 nitrogen and oxygen atoms in total. The molecule has 2 atom stereocenters. The molecule has 54 heavy (non-hydrogen) atoms. The molecule has 0 radical (unpaired) electrons. The van der Waals surface area contributed by atoms with Crippen molar-refractivity contribution in [3.05, 3.63) is 111 Å². The highest BCUT2D eigenvalue weighted by atomic mass is 35.5. The summed E-state index contributed by atoms with van der Waals surface area (Å²) in [6.45, 7) is 10.3. The number of nitrogens with zero attached hydrogens (tertiary/aromatic N) is 7. The van der Waals surface area contributed by atoms with Crippen molar-refractivity contribution >= 4 is 11.6 Å². The summed E-state index contributed by atoms with van der Waals surface area (Å²) in [5, 5.41) is 34.3. The normalized spacial score (nSPS) is 17.5. The number of benzene rings is 3. The minimum atomic E-state index is -0.203. The van der Waals surface area contributed by atoms with Gasteiger partial charge >= 0.3 is 0 Å². The van der Waals surface area contributed by atoms with Gasteiger partial charge in [0.1, 0.15) is 36.5 Å². The molecule has 0 bridgehead atoms. The first-order valence-electron chi connectivity index (χ1n) is 18.4. The van der Waals surface area contributed by atoms with Crippen LogP contribution in [-0.2, 0) is 19.8 Å². The van der Waals surface area contributed by atoms with E-state index in [0.717, 1.165) is 103 Å². The van der Waals surface area contributed by atoms with E-state index in [2.05, 4.69) is 79.6 Å². The number of nitriles is 1. The number of halogens is 1. The second-order valence-electron chi connectivity index (χ2n) is 14.1. The maximum absolute atomic E-state index is 9.81. The summed E-state index contributed by atoms with van der Waals surface area (Å²) >= 11 is 6.92. The zero-order chi connectivity index (χ0) is 37.4. The van der Waals surface area contributed by atoms with E-state index in [1.54, 1.807) is 12.3 Å². The fraction of sp³-hybridized carbons (Fsp3) is 0.390. The van der Waals surface area contributed by atoms with E-state index >= 15 is 0 Å². The van der Waals surface area contributed by atoms with Crippen molar-refractivity contribution in [3.63, 3.8) is 0 Å². The second kappa shape index (κ2) is 17.4. The van der Waals surface area contributed by atoms with E-state index < -0.39 is 0 Å². The lowest BCUT2D eigenvalue weighted by molar-refractivity contribution is 0.173. The van der Waals surface area contributed by atoms with Gasteiger partial charge in [0.2, 0.25) is 0 Å². The number of hydrogen-bond acceptors (Lipinski definition) is 11. The molecule has 7 rings (SSSR count). The lowest BCUT2D eigenvalue weighted by Gasteiger charge is -2.21. The number of β-amino-alcohol motifs (C(OH)–C–C–N with tert-alkyl or cyclic N) is 1. The molecule has 1 unspecified atom stereocenters. The zero-order valence-corrected chi connectivity index (χ0v) is 31.4. The van der Waals surface area contributed by atoms with Crippen LogP contribution in [0.25, 0.3) is 11.1 Å². The fourth-order valence-electron chi connectivity index (χ4n) is 7.34. The summed E-state index contributed by atoms with van der Waals surface area (Å²) < 4.78 is 19.1. The van der Waals surface area contributed by atoms with Gasteiger partial charge in [0.15, 0.2) is 5.82 Å². The number of aromatic amines is 1. The number of rotatable bonds is 15. The summed E-state index contributed by atoms with van der Waals surface area (Å²) in [6, 6.07) is 20.2. The first-order valence-corrected chi connectivity index (χ1v) is 18.8. The van der Waals surface area contributed by atoms with E-state index in [1.807, 2.05) is 24.3 Å². The van der Waals surface area contributed by atoms with Gasteiger partial charge < -0.3 is 24.2 Å². The number of ether oxygens (including phenoxy) is 3. The maximum Gasteiger partial charge on any atom is 0.178 e. The van der Waals surface area contributed by atoms with Crippen LogP contribution in [0.3, 0.4) is 0 Å². The molecule has 2 saturated heterocycles. The number of hydrogen-bond donors (Lipinski definition) is 2. The average molecular weight is 749 g/mol. The van der Waals surface area contributed by atoms with Crippen LogP contribution >= 0.6 is 11.6 Å². The van der Waals surface area contributed by atoms with E-state index in [1.165, 1.54) is 6.20 Å². The molecule has 0 amide bonds. The van der Waals surface area contributed by atoms with E-state index in [4.69, 9.17) is 25.8 Å². The van der Waals surface area contributed by atoms with Gasteiger partial charge in [-0.05, 0) is 85.7 Å². The highest BCUT2D eigenvalue weighted by molar-refractivity contribution is 6.32. The Labute approximate surface area is 320 Å². The lowest BCUT2D eigenvalue weighted by atomic mass is 9.93. The third-order valence-electron chi connectivity index (χ3n) is 10.4. The molecule has 3 aromatic carbocycles. The number of pyridine rings is 1. The molecule has 5 aromatic rings. The van der Waals surface area contributed by atoms with Gasteiger partial charge in [-0.15, -0.1) is 10.2 Å². The standard InChI is InChI=1S/C41H45ClN8O4/c1-27-32(6-3-7-35(27)36-8-4-9-38(28(36)2)52-15-5-12-49-14-11-34(51)24-49)26-54-40-18-39(53-25-30-16-29(19-43)20-44-21-30)33(17-37(40)42)23-50-13-10-31(22-50)41-45-47-48-46-41/h3-4,6-9,16-18,20-21,31,34,51H,5,10-15,22-26H2,1-2H3,(H,45,46,47,48)/t31?,34-/m1/s1. The lowest BCUT2D eigenvalue weighted by Crippen LogP contribution is -2.24. The summed E-state index contributed by atoms with van der Waals surface area (Å²) in [6.07, 6.45) is 5.71. The number of aliphatic hydroxyl groups excluding tert-OH is 1. The van der Waals surface area contributed by atoms with Gasteiger partial charge in [0.25, 0.3) is 0 Å². The Bertz CT molecular complexity index is 2090. The molecule has 2 aliphatic heterocycles. The molecule has 0 spiro atoms. The minimum absolute atomic E-state index is 0.199. The molecule has 2 fully saturated rings. The van der Waals surface area contributed by atoms with Crippen LogP contribution in [0.5, 0.6) is 17.2 Å². The van der Waals surface area contributed by atoms with Crippen LogP contribution in [0.1, 0.15) is 64.4 Å². The van der Waals surface area contributed by atoms with Crippen LogP contribution < -0.4 is 14.2 Å². The van der Waals surface area contributed by atoms with Gasteiger partial charge in [-0.25, -0.2) is 0 Å². The molecule has 2 N–H and O–H groups in total. The fourth-order valence-corrected chi connectivity index (χ4v) is 7.58. The van der Waals surface area contributed by atoms with Crippen LogP contribution in [0.4, 0.5) is 0 Å². The summed E-state index contributed by atoms with van der Waals surface area (Å²) in [7, 11) is 0. The first kappa shape index (κ1) is 37.3. The van der Waals surface area contributed by atoms with Gasteiger partial charge in [0.05, 0.1) is 23.3 Å². The van der Waals surface area contributed by atoms with Gasteiger partial charge in [-0.1, -0.05) is 47.1 Å². The smallest absolute Gasteiger partial charge is 0.178 e. The molecule has 280 valence electrons. The molecule has 4 heterocycles. The van der Waals surface area contributed by atoms with E-state index in [0.29, 0.717) is 41.8 Å². The largest absolute Gasteiger partial charge is 0.493 e. The number of H-pyrrole nitrogens is 1. The summed E-state index contributed by atoms with van der Waals surface area (Å²) in [5.41, 5.74) is 7.67. The van der Waals surface area contributed by atoms with Crippen molar-refractivity contribution in [1.29, 1.82) is 5.26 Å². The maximum atomic E-state index is 9.81. The Kier molecular flexibility index (Phi) is 12.0. The van der Waals surface area contributed by atoms with E-state index in [-0.39, 0.29) is 18.6 Å². The van der Waals surface area contributed by atoms with Crippen molar-refractivity contribution in [3.8, 4) is 34.4 Å². The third kappa shape index (κ3) is 9.00. The Morgan fingerprint density at radius 3 is 2.50 bits per heavy atom. The van der Waals surface area contributed by atoms with Crippen molar-refractivity contribution in [1.82, 2.24) is 35.4 Å². The van der Waals surface area contributed by atoms with Crippen molar-refractivity contribution in [2.45, 2.75) is 64.9 Å². The van der Waals surface area contributed by atoms with Gasteiger partial charge in [-0.2, -0.15) is 10.5 Å². The average Bonchev–Trinajstić information content (AvgIpc) is 3.97. The van der Waals surface area contributed by atoms with Crippen LogP contribution in [-0.4, -0.2) is 85.9 Å². The summed E-state index contributed by atoms with van der Waals surface area (Å²) in [4.78, 5) is 8.81. The second-order valence-corrected chi connectivity index (χ2v) is 14.5. The molecular formula is C41H45ClN8O4. The zero-order valence-electron chi connectivity index (χ0n) is 30.7. The van der Waals surface area contributed by atoms with Crippen LogP contribution in [0, 0.1) is 25.2 Å². The van der Waals surface area contributed by atoms with Gasteiger partial charge in [0, 0.05) is 68.2 Å². The predicted octanol–water partition coefficient (Wildman–Crippen LogP) is 6.39. The number of likely N-dealkylation sites (tertiary alicyclic amines) is 2. The number of aromatic nitrogens is 5. The van der Waals surface area contributed by atoms with Crippen LogP contribution in [0.15, 0.2) is 67.0 Å². The van der Waals surface area contributed by atoms with Crippen LogP contribution in [0.2, 0.25) is 5.02 Å². The highest BCUT2D eigenvalue weighted by Gasteiger charge is 2.28. The SMILES string of the molecule is Cc1c(COc2cc(OCc3cncc(C#N)c3)c(CN3CCC(c4nn[nH]n4)C3)cc2Cl)cccc1-c1cccc(OCCCN2CC[C@@H](O)C2)c1C. The van der Waals surface area contributed by atoms with Crippen molar-refractivity contribution in [2.75, 3.05) is 39.3 Å². The van der Waals surface area contributed by atoms with Gasteiger partial charge in [-0.3, -0.25) is 9.88 Å². The molecule has 0 saturated carbocycles. The Balaban J connectivity index is 1.05. The van der Waals surface area contributed by atoms with Crippen molar-refractivity contribution in [2.24, 2.45) is 0 Å². The third-order valence-corrected chi connectivity index (χ3v) is 10.6. The number of nitrogens with one attached hydrogen (secondary N) is 1. The molecular weight excluding hydrogens is 704 g/mol.